The smallest absolute Gasteiger partial charge is 0.121 e. The van der Waals surface area contributed by atoms with Gasteiger partial charge in [-0.2, -0.15) is 0 Å². The third-order valence-electron chi connectivity index (χ3n) is 3.19. The number of aryl methyl sites for hydroxylation is 2. The Labute approximate surface area is 108 Å². The molecule has 2 N–H and O–H groups in total. The van der Waals surface area contributed by atoms with Crippen molar-refractivity contribution in [2.45, 2.75) is 20.4 Å². The van der Waals surface area contributed by atoms with Crippen molar-refractivity contribution in [1.82, 2.24) is 0 Å². The Kier molecular flexibility index (Phi) is 3.68. The second kappa shape index (κ2) is 5.23. The van der Waals surface area contributed by atoms with Gasteiger partial charge < -0.3 is 10.5 Å². The first kappa shape index (κ1) is 12.7. The highest BCUT2D eigenvalue weighted by atomic mass is 16.5. The molecular formula is C16H19NO. The molecule has 0 saturated heterocycles. The third-order valence-corrected chi connectivity index (χ3v) is 3.19. The molecule has 2 aromatic carbocycles. The number of hydrogen-bond acceptors (Lipinski definition) is 2. The van der Waals surface area contributed by atoms with Crippen molar-refractivity contribution >= 4 is 0 Å². The Morgan fingerprint density at radius 1 is 1.06 bits per heavy atom. The largest absolute Gasteiger partial charge is 0.496 e. The lowest BCUT2D eigenvalue weighted by molar-refractivity contribution is 0.412. The highest BCUT2D eigenvalue weighted by molar-refractivity contribution is 5.69. The Balaban J connectivity index is 2.54. The second-order valence-electron chi connectivity index (χ2n) is 4.55. The number of methoxy groups -OCH3 is 1. The van der Waals surface area contributed by atoms with E-state index in [1.807, 2.05) is 6.07 Å². The Hall–Kier alpha value is -1.80. The quantitative estimate of drug-likeness (QED) is 0.893. The number of hydrogen-bond donors (Lipinski definition) is 1. The molecular weight excluding hydrogens is 222 g/mol. The molecule has 2 aromatic rings. The predicted octanol–water partition coefficient (Wildman–Crippen LogP) is 3.44. The molecule has 0 bridgehead atoms. The number of benzene rings is 2. The number of ether oxygens (including phenoxy) is 1. The van der Waals surface area contributed by atoms with Gasteiger partial charge in [0.25, 0.3) is 0 Å². The first-order valence-corrected chi connectivity index (χ1v) is 6.10. The van der Waals surface area contributed by atoms with Gasteiger partial charge in [-0.1, -0.05) is 29.8 Å². The van der Waals surface area contributed by atoms with Gasteiger partial charge in [0.15, 0.2) is 0 Å². The van der Waals surface area contributed by atoms with Crippen molar-refractivity contribution in [1.29, 1.82) is 0 Å². The summed E-state index contributed by atoms with van der Waals surface area (Å²) in [5.41, 5.74) is 11.8. The van der Waals surface area contributed by atoms with Crippen LogP contribution in [0.3, 0.4) is 0 Å². The van der Waals surface area contributed by atoms with Gasteiger partial charge in [0, 0.05) is 6.54 Å². The SMILES string of the molecule is COc1ccc(-c2cc(C)ccc2CN)cc1C. The zero-order valence-electron chi connectivity index (χ0n) is 11.2. The molecule has 0 aliphatic heterocycles. The van der Waals surface area contributed by atoms with Gasteiger partial charge in [0.05, 0.1) is 7.11 Å². The van der Waals surface area contributed by atoms with Crippen LogP contribution in [0.2, 0.25) is 0 Å². The molecule has 0 unspecified atom stereocenters. The molecule has 0 radical (unpaired) electrons. The zero-order chi connectivity index (χ0) is 13.1. The molecule has 0 aliphatic carbocycles. The van der Waals surface area contributed by atoms with E-state index in [9.17, 15) is 0 Å². The highest BCUT2D eigenvalue weighted by Gasteiger charge is 2.06. The van der Waals surface area contributed by atoms with E-state index in [2.05, 4.69) is 44.2 Å². The van der Waals surface area contributed by atoms with Crippen LogP contribution < -0.4 is 10.5 Å². The van der Waals surface area contributed by atoms with Crippen molar-refractivity contribution in [3.63, 3.8) is 0 Å². The van der Waals surface area contributed by atoms with Gasteiger partial charge in [-0.05, 0) is 48.2 Å². The number of nitrogens with two attached hydrogens (primary N) is 1. The lowest BCUT2D eigenvalue weighted by Gasteiger charge is -2.12. The molecule has 0 saturated carbocycles. The Morgan fingerprint density at radius 2 is 1.83 bits per heavy atom. The van der Waals surface area contributed by atoms with E-state index >= 15 is 0 Å². The van der Waals surface area contributed by atoms with Crippen molar-refractivity contribution in [3.8, 4) is 16.9 Å². The van der Waals surface area contributed by atoms with Crippen LogP contribution in [0.25, 0.3) is 11.1 Å². The maximum absolute atomic E-state index is 5.81. The maximum Gasteiger partial charge on any atom is 0.121 e. The fourth-order valence-electron chi connectivity index (χ4n) is 2.18. The topological polar surface area (TPSA) is 35.2 Å². The molecule has 2 rings (SSSR count). The highest BCUT2D eigenvalue weighted by Crippen LogP contribution is 2.29. The minimum Gasteiger partial charge on any atom is -0.496 e. The molecule has 0 fully saturated rings. The normalized spacial score (nSPS) is 10.4. The van der Waals surface area contributed by atoms with Gasteiger partial charge in [-0.3, -0.25) is 0 Å². The van der Waals surface area contributed by atoms with E-state index in [0.29, 0.717) is 6.54 Å². The summed E-state index contributed by atoms with van der Waals surface area (Å²) < 4.78 is 5.29. The first-order valence-electron chi connectivity index (χ1n) is 6.10. The zero-order valence-corrected chi connectivity index (χ0v) is 11.2. The predicted molar refractivity (Wildman–Crippen MR) is 75.8 cm³/mol. The molecule has 0 heterocycles. The Bertz CT molecular complexity index is 561. The van der Waals surface area contributed by atoms with Crippen LogP contribution in [0.15, 0.2) is 36.4 Å². The lowest BCUT2D eigenvalue weighted by Crippen LogP contribution is -1.99. The molecule has 18 heavy (non-hydrogen) atoms. The molecule has 0 atom stereocenters. The molecule has 0 aromatic heterocycles. The van der Waals surface area contributed by atoms with Crippen molar-refractivity contribution in [2.75, 3.05) is 7.11 Å². The minimum absolute atomic E-state index is 0.556. The van der Waals surface area contributed by atoms with Crippen LogP contribution >= 0.6 is 0 Å². The van der Waals surface area contributed by atoms with Crippen molar-refractivity contribution in [3.05, 3.63) is 53.1 Å². The van der Waals surface area contributed by atoms with Gasteiger partial charge in [-0.15, -0.1) is 0 Å². The molecule has 2 nitrogen and oxygen atoms in total. The fourth-order valence-corrected chi connectivity index (χ4v) is 2.18. The molecule has 0 aliphatic rings. The lowest BCUT2D eigenvalue weighted by atomic mass is 9.96. The van der Waals surface area contributed by atoms with Crippen LogP contribution in [-0.2, 0) is 6.54 Å². The molecule has 0 amide bonds. The molecule has 2 heteroatoms. The van der Waals surface area contributed by atoms with Crippen LogP contribution in [-0.4, -0.2) is 7.11 Å². The third kappa shape index (κ3) is 2.39. The average molecular weight is 241 g/mol. The summed E-state index contributed by atoms with van der Waals surface area (Å²) in [6.07, 6.45) is 0. The van der Waals surface area contributed by atoms with Crippen molar-refractivity contribution < 1.29 is 4.74 Å². The van der Waals surface area contributed by atoms with E-state index in [1.165, 1.54) is 22.3 Å². The summed E-state index contributed by atoms with van der Waals surface area (Å²) in [6.45, 7) is 4.71. The van der Waals surface area contributed by atoms with E-state index in [1.54, 1.807) is 7.11 Å². The Morgan fingerprint density at radius 3 is 2.44 bits per heavy atom. The van der Waals surface area contributed by atoms with Gasteiger partial charge in [0.1, 0.15) is 5.75 Å². The van der Waals surface area contributed by atoms with Crippen molar-refractivity contribution in [2.24, 2.45) is 5.73 Å². The minimum atomic E-state index is 0.556. The monoisotopic (exact) mass is 241 g/mol. The van der Waals surface area contributed by atoms with Gasteiger partial charge in [-0.25, -0.2) is 0 Å². The van der Waals surface area contributed by atoms with Crippen LogP contribution in [0.5, 0.6) is 5.75 Å². The summed E-state index contributed by atoms with van der Waals surface area (Å²) in [6, 6.07) is 12.6. The van der Waals surface area contributed by atoms with E-state index in [4.69, 9.17) is 10.5 Å². The standard InChI is InChI=1S/C16H19NO/c1-11-4-5-14(10-17)15(8-11)13-6-7-16(18-3)12(2)9-13/h4-9H,10,17H2,1-3H3. The second-order valence-corrected chi connectivity index (χ2v) is 4.55. The number of rotatable bonds is 3. The van der Waals surface area contributed by atoms with Crippen LogP contribution in [0.1, 0.15) is 16.7 Å². The summed E-state index contributed by atoms with van der Waals surface area (Å²) >= 11 is 0. The van der Waals surface area contributed by atoms with Crippen LogP contribution in [0, 0.1) is 13.8 Å². The average Bonchev–Trinajstić information content (AvgIpc) is 2.38. The molecule has 94 valence electrons. The summed E-state index contributed by atoms with van der Waals surface area (Å²) in [5, 5.41) is 0. The maximum atomic E-state index is 5.81. The van der Waals surface area contributed by atoms with Gasteiger partial charge >= 0.3 is 0 Å². The summed E-state index contributed by atoms with van der Waals surface area (Å²) in [5.74, 6) is 0.917. The van der Waals surface area contributed by atoms with Crippen LogP contribution in [0.4, 0.5) is 0 Å². The summed E-state index contributed by atoms with van der Waals surface area (Å²) in [4.78, 5) is 0. The van der Waals surface area contributed by atoms with E-state index < -0.39 is 0 Å². The molecule has 0 spiro atoms. The van der Waals surface area contributed by atoms with E-state index in [0.717, 1.165) is 11.3 Å². The fraction of sp³-hybridized carbons (Fsp3) is 0.250. The first-order chi connectivity index (χ1) is 8.65. The van der Waals surface area contributed by atoms with Gasteiger partial charge in [0.2, 0.25) is 0 Å². The van der Waals surface area contributed by atoms with E-state index in [-0.39, 0.29) is 0 Å². The summed E-state index contributed by atoms with van der Waals surface area (Å²) in [7, 11) is 1.69.